The van der Waals surface area contributed by atoms with E-state index in [1.54, 1.807) is 11.6 Å². The van der Waals surface area contributed by atoms with Gasteiger partial charge < -0.3 is 15.0 Å². The summed E-state index contributed by atoms with van der Waals surface area (Å²) in [5.74, 6) is -1.82. The van der Waals surface area contributed by atoms with E-state index < -0.39 is 11.8 Å². The number of nitrogens with one attached hydrogen (secondary N) is 1. The second-order valence-electron chi connectivity index (χ2n) is 4.75. The summed E-state index contributed by atoms with van der Waals surface area (Å²) in [5, 5.41) is 12.2. The Bertz CT molecular complexity index is 669. The van der Waals surface area contributed by atoms with Gasteiger partial charge in [-0.3, -0.25) is 0 Å². The molecule has 1 heterocycles. The second-order valence-corrected chi connectivity index (χ2v) is 6.20. The minimum absolute atomic E-state index is 0.0255. The molecule has 0 aliphatic heterocycles. The quantitative estimate of drug-likeness (QED) is 0.837. The first-order valence-electron chi connectivity index (χ1n) is 6.10. The van der Waals surface area contributed by atoms with E-state index in [0.717, 1.165) is 0 Å². The average Bonchev–Trinajstić information content (AvgIpc) is 2.74. The number of rotatable bonds is 4. The van der Waals surface area contributed by atoms with Crippen LogP contribution in [-0.2, 0) is 7.05 Å². The molecule has 1 aromatic heterocycles. The Morgan fingerprint density at radius 3 is 2.75 bits per heavy atom. The maximum absolute atomic E-state index is 14.5. The van der Waals surface area contributed by atoms with Gasteiger partial charge in [-0.25, -0.2) is 14.2 Å². The summed E-state index contributed by atoms with van der Waals surface area (Å²) in [6.07, 6.45) is 1.46. The number of fused-ring (bicyclic) bond motifs is 1. The van der Waals surface area contributed by atoms with Gasteiger partial charge in [0.25, 0.3) is 0 Å². The smallest absolute Gasteiger partial charge is 0.337 e. The summed E-state index contributed by atoms with van der Waals surface area (Å²) in [4.78, 5) is 15.4. The molecule has 0 aliphatic rings. The van der Waals surface area contributed by atoms with E-state index in [1.807, 2.05) is 13.8 Å². The molecule has 0 spiro atoms. The van der Waals surface area contributed by atoms with Crippen LogP contribution < -0.4 is 5.32 Å². The van der Waals surface area contributed by atoms with Crippen molar-refractivity contribution in [3.8, 4) is 0 Å². The Hall–Kier alpha value is -1.63. The third-order valence-electron chi connectivity index (χ3n) is 3.25. The molecule has 2 rings (SSSR count). The number of nitrogens with zero attached hydrogens (tertiary/aromatic N) is 2. The van der Waals surface area contributed by atoms with Crippen LogP contribution in [0.4, 0.5) is 10.1 Å². The van der Waals surface area contributed by atoms with E-state index in [9.17, 15) is 14.3 Å². The monoisotopic (exact) mass is 343 g/mol. The number of imidazole rings is 1. The van der Waals surface area contributed by atoms with E-state index in [-0.39, 0.29) is 27.6 Å². The first-order valence-corrected chi connectivity index (χ1v) is 7.02. The second kappa shape index (κ2) is 5.40. The molecule has 0 saturated carbocycles. The number of carboxylic acids is 1. The van der Waals surface area contributed by atoms with Crippen molar-refractivity contribution >= 4 is 38.6 Å². The van der Waals surface area contributed by atoms with E-state index in [2.05, 4.69) is 26.2 Å². The van der Waals surface area contributed by atoms with Gasteiger partial charge in [-0.05, 0) is 13.0 Å². The van der Waals surface area contributed by atoms with E-state index in [0.29, 0.717) is 5.52 Å². The fourth-order valence-electron chi connectivity index (χ4n) is 1.88. The van der Waals surface area contributed by atoms with Gasteiger partial charge in [0.05, 0.1) is 23.1 Å². The number of halogens is 2. The van der Waals surface area contributed by atoms with Crippen molar-refractivity contribution in [1.29, 1.82) is 0 Å². The molecule has 2 N–H and O–H groups in total. The van der Waals surface area contributed by atoms with Crippen LogP contribution in [0.5, 0.6) is 0 Å². The van der Waals surface area contributed by atoms with Crippen LogP contribution in [0.15, 0.2) is 12.4 Å². The number of alkyl halides is 1. The predicted molar refractivity (Wildman–Crippen MR) is 79.1 cm³/mol. The number of carboxylic acid groups (broad SMARTS) is 1. The number of benzene rings is 1. The topological polar surface area (TPSA) is 67.2 Å². The van der Waals surface area contributed by atoms with Gasteiger partial charge in [-0.15, -0.1) is 0 Å². The number of carbonyl (C=O) groups is 1. The van der Waals surface area contributed by atoms with Crippen molar-refractivity contribution in [3.05, 3.63) is 23.8 Å². The predicted octanol–water partition coefficient (Wildman–Crippen LogP) is 2.99. The molecule has 0 radical (unpaired) electrons. The number of aromatic carboxylic acids is 1. The highest BCUT2D eigenvalue weighted by Gasteiger charge is 2.22. The zero-order valence-corrected chi connectivity index (χ0v) is 12.9. The van der Waals surface area contributed by atoms with Gasteiger partial charge in [0.2, 0.25) is 0 Å². The fourth-order valence-corrected chi connectivity index (χ4v) is 2.01. The summed E-state index contributed by atoms with van der Waals surface area (Å²) in [7, 11) is 1.69. The van der Waals surface area contributed by atoms with E-state index in [1.165, 1.54) is 12.4 Å². The highest BCUT2D eigenvalue weighted by atomic mass is 79.9. The van der Waals surface area contributed by atoms with Crippen molar-refractivity contribution < 1.29 is 14.3 Å². The third kappa shape index (κ3) is 2.49. The fraction of sp³-hybridized carbons (Fsp3) is 0.385. The minimum Gasteiger partial charge on any atom is -0.478 e. The largest absolute Gasteiger partial charge is 0.478 e. The molecule has 2 aromatic rings. The lowest BCUT2D eigenvalue weighted by molar-refractivity contribution is 0.0697. The zero-order valence-electron chi connectivity index (χ0n) is 11.3. The summed E-state index contributed by atoms with van der Waals surface area (Å²) in [6.45, 7) is 3.74. The molecule has 5 nitrogen and oxygen atoms in total. The molecule has 7 heteroatoms. The summed E-state index contributed by atoms with van der Waals surface area (Å²) in [5.41, 5.74) is 0.487. The average molecular weight is 344 g/mol. The van der Waals surface area contributed by atoms with Crippen LogP contribution in [0.1, 0.15) is 24.2 Å². The van der Waals surface area contributed by atoms with Crippen LogP contribution in [0.2, 0.25) is 0 Å². The molecule has 0 fully saturated rings. The van der Waals surface area contributed by atoms with Crippen LogP contribution >= 0.6 is 15.9 Å². The van der Waals surface area contributed by atoms with Gasteiger partial charge in [-0.1, -0.05) is 22.9 Å². The number of aromatic nitrogens is 2. The number of anilines is 1. The highest BCUT2D eigenvalue weighted by Crippen LogP contribution is 2.29. The summed E-state index contributed by atoms with van der Waals surface area (Å²) < 4.78 is 16.1. The van der Waals surface area contributed by atoms with Crippen LogP contribution in [-0.4, -0.2) is 31.5 Å². The van der Waals surface area contributed by atoms with Crippen LogP contribution in [0, 0.1) is 5.82 Å². The molecule has 0 bridgehead atoms. The maximum atomic E-state index is 14.5. The SMILES string of the molecule is CC(Nc1c(C(=O)O)cc2c(ncn2C)c1F)[C@@H](C)Br. The summed E-state index contributed by atoms with van der Waals surface area (Å²) >= 11 is 3.39. The van der Waals surface area contributed by atoms with Gasteiger partial charge >= 0.3 is 5.97 Å². The molecule has 108 valence electrons. The van der Waals surface area contributed by atoms with Crippen molar-refractivity contribution in [2.45, 2.75) is 24.7 Å². The lowest BCUT2D eigenvalue weighted by atomic mass is 10.1. The standard InChI is InChI=1S/C13H15BrFN3O2/c1-6(14)7(2)17-11-8(13(19)20)4-9-12(10(11)15)16-5-18(9)3/h4-7,17H,1-3H3,(H,19,20)/t6-,7?/m1/s1. The number of hydrogen-bond donors (Lipinski definition) is 2. The Labute approximate surface area is 123 Å². The molecule has 20 heavy (non-hydrogen) atoms. The van der Waals surface area contributed by atoms with Crippen molar-refractivity contribution in [3.63, 3.8) is 0 Å². The van der Waals surface area contributed by atoms with Gasteiger partial charge in [0, 0.05) is 17.9 Å². The third-order valence-corrected chi connectivity index (χ3v) is 4.04. The van der Waals surface area contributed by atoms with Crippen LogP contribution in [0.3, 0.4) is 0 Å². The lowest BCUT2D eigenvalue weighted by Gasteiger charge is -2.19. The molecule has 2 atom stereocenters. The maximum Gasteiger partial charge on any atom is 0.337 e. The van der Waals surface area contributed by atoms with Gasteiger partial charge in [0.15, 0.2) is 5.82 Å². The molecular weight excluding hydrogens is 329 g/mol. The number of aryl methyl sites for hydroxylation is 1. The van der Waals surface area contributed by atoms with Crippen molar-refractivity contribution in [1.82, 2.24) is 9.55 Å². The molecule has 0 amide bonds. The van der Waals surface area contributed by atoms with Gasteiger partial charge in [0.1, 0.15) is 5.52 Å². The van der Waals surface area contributed by atoms with E-state index >= 15 is 0 Å². The Balaban J connectivity index is 2.64. The van der Waals surface area contributed by atoms with E-state index in [4.69, 9.17) is 0 Å². The Morgan fingerprint density at radius 2 is 2.20 bits per heavy atom. The molecule has 1 aromatic carbocycles. The van der Waals surface area contributed by atoms with Crippen molar-refractivity contribution in [2.75, 3.05) is 5.32 Å². The number of hydrogen-bond acceptors (Lipinski definition) is 3. The summed E-state index contributed by atoms with van der Waals surface area (Å²) in [6, 6.07) is 1.30. The highest BCUT2D eigenvalue weighted by molar-refractivity contribution is 9.09. The molecule has 0 saturated heterocycles. The van der Waals surface area contributed by atoms with Crippen molar-refractivity contribution in [2.24, 2.45) is 7.05 Å². The Morgan fingerprint density at radius 1 is 1.55 bits per heavy atom. The Kier molecular flexibility index (Phi) is 3.99. The molecule has 1 unspecified atom stereocenters. The normalized spacial score (nSPS) is 14.2. The molecule has 0 aliphatic carbocycles. The first-order chi connectivity index (χ1) is 9.32. The zero-order chi connectivity index (χ0) is 15.0. The lowest BCUT2D eigenvalue weighted by Crippen LogP contribution is -2.25. The minimum atomic E-state index is -1.18. The van der Waals surface area contributed by atoms with Crippen LogP contribution in [0.25, 0.3) is 11.0 Å². The van der Waals surface area contributed by atoms with Gasteiger partial charge in [-0.2, -0.15) is 0 Å². The molecular formula is C13H15BrFN3O2. The first kappa shape index (κ1) is 14.8.